The predicted octanol–water partition coefficient (Wildman–Crippen LogP) is 9.81. The first-order chi connectivity index (χ1) is 35.9. The van der Waals surface area contributed by atoms with Gasteiger partial charge in [-0.1, -0.05) is 44.4 Å². The van der Waals surface area contributed by atoms with Crippen LogP contribution in [0.25, 0.3) is 55.4 Å². The second-order valence-corrected chi connectivity index (χ2v) is 22.2. The molecule has 2 aliphatic carbocycles. The smallest absolute Gasteiger partial charge is 0.444 e. The van der Waals surface area contributed by atoms with Gasteiger partial charge in [0.25, 0.3) is 0 Å². The number of aromatic nitrogens is 8. The Morgan fingerprint density at radius 2 is 1.12 bits per heavy atom. The van der Waals surface area contributed by atoms with E-state index in [0.717, 1.165) is 108 Å². The minimum Gasteiger partial charge on any atom is -0.444 e. The summed E-state index contributed by atoms with van der Waals surface area (Å²) in [5, 5.41) is 39.9. The predicted molar refractivity (Wildman–Crippen MR) is 296 cm³/mol. The summed E-state index contributed by atoms with van der Waals surface area (Å²) in [5.41, 5.74) is 10.6. The van der Waals surface area contributed by atoms with E-state index in [1.54, 1.807) is 13.8 Å². The molecular weight excluding hydrogens is 1040 g/mol. The highest BCUT2D eigenvalue weighted by atomic mass is 79.9. The Kier molecular flexibility index (Phi) is 16.3. The fourth-order valence-corrected chi connectivity index (χ4v) is 9.40. The van der Waals surface area contributed by atoms with Crippen molar-refractivity contribution in [3.8, 4) is 33.6 Å². The number of aromatic amines is 2. The van der Waals surface area contributed by atoms with Crippen molar-refractivity contribution in [2.24, 2.45) is 0 Å². The summed E-state index contributed by atoms with van der Waals surface area (Å²) in [4.78, 5) is 49.5. The highest BCUT2D eigenvalue weighted by Gasteiger charge is 2.35. The molecule has 0 bridgehead atoms. The van der Waals surface area contributed by atoms with E-state index in [0.29, 0.717) is 28.8 Å². The lowest BCUT2D eigenvalue weighted by atomic mass is 9.79. The molecule has 76 heavy (non-hydrogen) atoms. The topological polar surface area (TPSA) is 276 Å². The molecule has 0 aliphatic heterocycles. The van der Waals surface area contributed by atoms with Crippen LogP contribution in [0.4, 0.5) is 21.5 Å². The summed E-state index contributed by atoms with van der Waals surface area (Å²) < 4.78 is 21.8. The van der Waals surface area contributed by atoms with Gasteiger partial charge < -0.3 is 59.8 Å². The summed E-state index contributed by atoms with van der Waals surface area (Å²) >= 11 is 3.51. The molecule has 0 saturated heterocycles. The summed E-state index contributed by atoms with van der Waals surface area (Å²) in [6, 6.07) is 12.6. The number of carbonyl (C=O) groups excluding carboxylic acids is 2. The molecule has 4 atom stereocenters. The molecule has 6 heterocycles. The molecule has 0 radical (unpaired) electrons. The number of nitrogens with zero attached hydrogens (tertiary/aromatic N) is 6. The SMILES string of the molecule is Cc1cnc(N[C@H]2CC[C@@H]2NC(=O)OC(C)(C)C)nc1-c1c[nH]c2cc(-c3c(C)noc3C)ccc12.Cc1cnc(N[C@H]2CC[C@@H]2NC(=O)OC(C)(C)C)nc1-c1c[nH]c2cc(Br)ccc12.Cc1noc(C)c1B(O)O. The minimum absolute atomic E-state index is 0.00126. The zero-order chi connectivity index (χ0) is 54.8. The number of ether oxygens (including phenoxy) is 2. The molecule has 22 heteroatoms. The standard InChI is InChI=1S/C27H32N6O3.C22H26BrN5O2.C5H8BNO3/c1-14-12-29-25(30-20-9-10-21(20)31-26(34)35-27(4,5)6)32-24(14)19-13-28-22-11-17(7-8-18(19)22)23-15(2)33-36-16(23)3;1-12-10-25-20(26-16-7-8-17(16)27-21(29)30-22(2,3)4)28-19(12)15-11-24-18-9-13(23)5-6-14(15)18;1-3-5(6(8)9)4(2)10-7-3/h7-8,11-13,20-21,28H,9-10H2,1-6H3,(H,31,34)(H,29,30,32);5-6,9-11,16-17,24H,7-8H2,1-4H3,(H,27,29)(H,25,26,28);8-9H,1-2H3/t20-,21-;16-,17-;/m00./s1. The zero-order valence-corrected chi connectivity index (χ0v) is 46.5. The number of benzene rings is 2. The normalized spacial score (nSPS) is 17.0. The van der Waals surface area contributed by atoms with Crippen molar-refractivity contribution >= 4 is 74.4 Å². The van der Waals surface area contributed by atoms with Gasteiger partial charge in [-0.3, -0.25) is 0 Å². The third-order valence-electron chi connectivity index (χ3n) is 13.0. The molecule has 0 unspecified atom stereocenters. The lowest BCUT2D eigenvalue weighted by Gasteiger charge is -2.37. The number of hydrogen-bond acceptors (Lipinski definition) is 16. The number of alkyl carbamates (subject to hydrolysis) is 2. The Morgan fingerprint density at radius 3 is 1.53 bits per heavy atom. The van der Waals surface area contributed by atoms with Crippen LogP contribution in [0, 0.1) is 41.5 Å². The summed E-state index contributed by atoms with van der Waals surface area (Å²) in [6.45, 7) is 22.3. The molecule has 2 fully saturated rings. The Morgan fingerprint density at radius 1 is 0.658 bits per heavy atom. The van der Waals surface area contributed by atoms with Crippen LogP contribution in [0.3, 0.4) is 0 Å². The van der Waals surface area contributed by atoms with Gasteiger partial charge in [-0.05, 0) is 144 Å². The van der Waals surface area contributed by atoms with Crippen LogP contribution in [0.1, 0.15) is 101 Å². The molecule has 8 aromatic rings. The number of anilines is 2. The van der Waals surface area contributed by atoms with E-state index < -0.39 is 30.5 Å². The Bertz CT molecular complexity index is 3330. The van der Waals surface area contributed by atoms with Crippen LogP contribution in [0.15, 0.2) is 74.7 Å². The molecule has 8 N–H and O–H groups in total. The summed E-state index contributed by atoms with van der Waals surface area (Å²) in [6.07, 6.45) is 10.5. The van der Waals surface area contributed by atoms with Gasteiger partial charge in [-0.15, -0.1) is 0 Å². The zero-order valence-electron chi connectivity index (χ0n) is 44.9. The second kappa shape index (κ2) is 22.5. The van der Waals surface area contributed by atoms with E-state index in [1.165, 1.54) is 0 Å². The van der Waals surface area contributed by atoms with Crippen molar-refractivity contribution < 1.29 is 38.2 Å². The maximum absolute atomic E-state index is 12.2. The largest absolute Gasteiger partial charge is 0.494 e. The third-order valence-corrected chi connectivity index (χ3v) is 13.5. The first-order valence-corrected chi connectivity index (χ1v) is 26.0. The summed E-state index contributed by atoms with van der Waals surface area (Å²) in [7, 11) is -1.48. The number of nitrogens with one attached hydrogen (secondary N) is 6. The van der Waals surface area contributed by atoms with Gasteiger partial charge in [-0.2, -0.15) is 0 Å². The Balaban J connectivity index is 0.000000172. The van der Waals surface area contributed by atoms with E-state index in [4.69, 9.17) is 34.0 Å². The second-order valence-electron chi connectivity index (χ2n) is 21.3. The minimum atomic E-state index is -1.48. The summed E-state index contributed by atoms with van der Waals surface area (Å²) in [5.74, 6) is 2.35. The first-order valence-electron chi connectivity index (χ1n) is 25.2. The molecule has 0 spiro atoms. The average molecular weight is 1100 g/mol. The van der Waals surface area contributed by atoms with Gasteiger partial charge in [-0.25, -0.2) is 29.5 Å². The fraction of sp³-hybridized carbons (Fsp3) is 0.407. The molecule has 2 aliphatic rings. The molecule has 10 rings (SSSR count). The lowest BCUT2D eigenvalue weighted by Crippen LogP contribution is -2.54. The quantitative estimate of drug-likeness (QED) is 0.0592. The number of amides is 2. The van der Waals surface area contributed by atoms with Gasteiger partial charge in [0.2, 0.25) is 11.9 Å². The van der Waals surface area contributed by atoms with Crippen molar-refractivity contribution in [3.05, 3.63) is 99.7 Å². The molecule has 400 valence electrons. The van der Waals surface area contributed by atoms with Gasteiger partial charge >= 0.3 is 19.3 Å². The van der Waals surface area contributed by atoms with Crippen LogP contribution in [-0.2, 0) is 9.47 Å². The van der Waals surface area contributed by atoms with Crippen LogP contribution in [-0.4, -0.2) is 105 Å². The molecule has 2 saturated carbocycles. The average Bonchev–Trinajstić information content (AvgIpc) is 4.12. The van der Waals surface area contributed by atoms with Crippen LogP contribution in [0.2, 0.25) is 0 Å². The molecule has 2 aromatic carbocycles. The maximum Gasteiger partial charge on any atom is 0.494 e. The van der Waals surface area contributed by atoms with Gasteiger partial charge in [0.1, 0.15) is 22.7 Å². The van der Waals surface area contributed by atoms with Crippen molar-refractivity contribution in [1.29, 1.82) is 0 Å². The highest BCUT2D eigenvalue weighted by Crippen LogP contribution is 2.36. The van der Waals surface area contributed by atoms with Crippen molar-refractivity contribution in [2.75, 3.05) is 10.6 Å². The number of hydrogen-bond donors (Lipinski definition) is 8. The Labute approximate surface area is 449 Å². The van der Waals surface area contributed by atoms with Crippen molar-refractivity contribution in [2.45, 2.75) is 144 Å². The molecule has 2 amide bonds. The van der Waals surface area contributed by atoms with Gasteiger partial charge in [0.05, 0.1) is 34.9 Å². The monoisotopic (exact) mass is 1100 g/mol. The number of rotatable bonds is 10. The van der Waals surface area contributed by atoms with Crippen molar-refractivity contribution in [1.82, 2.24) is 50.9 Å². The maximum atomic E-state index is 12.2. The van der Waals surface area contributed by atoms with Crippen LogP contribution < -0.4 is 26.7 Å². The number of halogens is 1. The lowest BCUT2D eigenvalue weighted by molar-refractivity contribution is 0.0460. The molecule has 20 nitrogen and oxygen atoms in total. The number of carbonyl (C=O) groups is 2. The third kappa shape index (κ3) is 13.0. The van der Waals surface area contributed by atoms with Crippen LogP contribution >= 0.6 is 15.9 Å². The van der Waals surface area contributed by atoms with E-state index in [1.807, 2.05) is 100 Å². The van der Waals surface area contributed by atoms with Crippen LogP contribution in [0.5, 0.6) is 0 Å². The van der Waals surface area contributed by atoms with Crippen molar-refractivity contribution in [3.63, 3.8) is 0 Å². The first kappa shape index (κ1) is 55.0. The van der Waals surface area contributed by atoms with E-state index >= 15 is 0 Å². The molecule has 6 aromatic heterocycles. The van der Waals surface area contributed by atoms with E-state index in [9.17, 15) is 9.59 Å². The van der Waals surface area contributed by atoms with E-state index in [2.05, 4.69) is 102 Å². The highest BCUT2D eigenvalue weighted by molar-refractivity contribution is 9.10. The van der Waals surface area contributed by atoms with Gasteiger partial charge in [0, 0.05) is 85.3 Å². The fourth-order valence-electron chi connectivity index (χ4n) is 9.03. The Hall–Kier alpha value is -7.30. The molecular formula is C54H66BBrN12O8. The number of H-pyrrole nitrogens is 2. The van der Waals surface area contributed by atoms with Gasteiger partial charge in [0.15, 0.2) is 0 Å². The number of fused-ring (bicyclic) bond motifs is 2. The number of aryl methyl sites for hydroxylation is 6. The van der Waals surface area contributed by atoms with E-state index in [-0.39, 0.29) is 24.2 Å².